The van der Waals surface area contributed by atoms with Crippen molar-refractivity contribution in [2.24, 2.45) is 11.7 Å². The van der Waals surface area contributed by atoms with Gasteiger partial charge in [-0.25, -0.2) is 4.79 Å². The highest BCUT2D eigenvalue weighted by molar-refractivity contribution is 5.68. The van der Waals surface area contributed by atoms with Crippen LogP contribution in [-0.4, -0.2) is 36.2 Å². The van der Waals surface area contributed by atoms with Crippen LogP contribution in [0.5, 0.6) is 0 Å². The van der Waals surface area contributed by atoms with Gasteiger partial charge < -0.3 is 15.4 Å². The van der Waals surface area contributed by atoms with E-state index in [4.69, 9.17) is 10.5 Å². The van der Waals surface area contributed by atoms with E-state index in [2.05, 4.69) is 24.3 Å². The van der Waals surface area contributed by atoms with Gasteiger partial charge in [0.15, 0.2) is 0 Å². The van der Waals surface area contributed by atoms with Gasteiger partial charge in [-0.15, -0.1) is 0 Å². The van der Waals surface area contributed by atoms with Crippen molar-refractivity contribution in [2.75, 3.05) is 19.6 Å². The smallest absolute Gasteiger partial charge is 0.410 e. The molecule has 1 aliphatic heterocycles. The average molecular weight is 330 g/mol. The van der Waals surface area contributed by atoms with Crippen LogP contribution in [0.4, 0.5) is 4.79 Å². The maximum absolute atomic E-state index is 12.4. The summed E-state index contributed by atoms with van der Waals surface area (Å²) in [6, 6.07) is 8.82. The SMILES string of the molecule is CC(C)(C)OC(=O)N1CCC2(CC1)c1ccccc1CC2CCN. The molecule has 2 N–H and O–H groups in total. The Morgan fingerprint density at radius 3 is 2.58 bits per heavy atom. The number of nitrogens with zero attached hydrogens (tertiary/aromatic N) is 1. The fourth-order valence-electron chi connectivity index (χ4n) is 4.54. The molecule has 1 aromatic rings. The third kappa shape index (κ3) is 3.16. The van der Waals surface area contributed by atoms with Crippen LogP contribution in [0.15, 0.2) is 24.3 Å². The highest BCUT2D eigenvalue weighted by Gasteiger charge is 2.48. The number of hydrogen-bond donors (Lipinski definition) is 1. The number of carbonyl (C=O) groups excluding carboxylic acids is 1. The predicted molar refractivity (Wildman–Crippen MR) is 96.0 cm³/mol. The molecule has 1 unspecified atom stereocenters. The van der Waals surface area contributed by atoms with Gasteiger partial charge in [0.2, 0.25) is 0 Å². The minimum atomic E-state index is -0.436. The zero-order valence-electron chi connectivity index (χ0n) is 15.2. The number of hydrogen-bond acceptors (Lipinski definition) is 3. The lowest BCUT2D eigenvalue weighted by molar-refractivity contribution is 0.0132. The monoisotopic (exact) mass is 330 g/mol. The van der Waals surface area contributed by atoms with Gasteiger partial charge in [0, 0.05) is 18.5 Å². The summed E-state index contributed by atoms with van der Waals surface area (Å²) >= 11 is 0. The van der Waals surface area contributed by atoms with Gasteiger partial charge in [-0.2, -0.15) is 0 Å². The lowest BCUT2D eigenvalue weighted by atomic mass is 9.67. The Bertz CT molecular complexity index is 598. The first-order valence-electron chi connectivity index (χ1n) is 9.12. The maximum Gasteiger partial charge on any atom is 0.410 e. The van der Waals surface area contributed by atoms with Crippen LogP contribution in [0.2, 0.25) is 0 Å². The number of benzene rings is 1. The summed E-state index contributed by atoms with van der Waals surface area (Å²) in [5.41, 5.74) is 8.61. The highest BCUT2D eigenvalue weighted by Crippen LogP contribution is 2.51. The molecule has 1 saturated heterocycles. The van der Waals surface area contributed by atoms with Crippen LogP contribution >= 0.6 is 0 Å². The zero-order valence-corrected chi connectivity index (χ0v) is 15.2. The summed E-state index contributed by atoms with van der Waals surface area (Å²) in [7, 11) is 0. The zero-order chi connectivity index (χ0) is 17.4. The number of amides is 1. The minimum absolute atomic E-state index is 0.181. The highest BCUT2D eigenvalue weighted by atomic mass is 16.6. The van der Waals surface area contributed by atoms with Gasteiger partial charge in [0.25, 0.3) is 0 Å². The van der Waals surface area contributed by atoms with Crippen LogP contribution in [0, 0.1) is 5.92 Å². The lowest BCUT2D eigenvalue weighted by Gasteiger charge is -2.44. The van der Waals surface area contributed by atoms with Gasteiger partial charge in [-0.3, -0.25) is 0 Å². The number of rotatable bonds is 2. The molecule has 1 atom stereocenters. The second-order valence-corrected chi connectivity index (χ2v) is 8.26. The van der Waals surface area contributed by atoms with Crippen molar-refractivity contribution < 1.29 is 9.53 Å². The van der Waals surface area contributed by atoms with Crippen molar-refractivity contribution in [1.82, 2.24) is 4.90 Å². The van der Waals surface area contributed by atoms with Crippen molar-refractivity contribution in [3.63, 3.8) is 0 Å². The molecule has 1 heterocycles. The average Bonchev–Trinajstić information content (AvgIpc) is 2.81. The molecule has 2 aliphatic rings. The Balaban J connectivity index is 1.76. The molecule has 1 aliphatic carbocycles. The van der Waals surface area contributed by atoms with Crippen molar-refractivity contribution in [1.29, 1.82) is 0 Å². The van der Waals surface area contributed by atoms with E-state index >= 15 is 0 Å². The summed E-state index contributed by atoms with van der Waals surface area (Å²) in [6.07, 6.45) is 4.02. The lowest BCUT2D eigenvalue weighted by Crippen LogP contribution is -2.48. The second kappa shape index (κ2) is 6.40. The molecule has 0 aromatic heterocycles. The van der Waals surface area contributed by atoms with E-state index in [0.717, 1.165) is 45.3 Å². The summed E-state index contributed by atoms with van der Waals surface area (Å²) < 4.78 is 5.54. The number of carbonyl (C=O) groups is 1. The topological polar surface area (TPSA) is 55.6 Å². The Morgan fingerprint density at radius 1 is 1.29 bits per heavy atom. The van der Waals surface area contributed by atoms with Crippen LogP contribution in [0.1, 0.15) is 51.2 Å². The molecule has 1 amide bonds. The molecule has 0 radical (unpaired) electrons. The third-order valence-electron chi connectivity index (χ3n) is 5.62. The van der Waals surface area contributed by atoms with Crippen LogP contribution in [0.25, 0.3) is 0 Å². The molecule has 1 spiro atoms. The first kappa shape index (κ1) is 17.3. The van der Waals surface area contributed by atoms with E-state index in [1.54, 1.807) is 0 Å². The largest absolute Gasteiger partial charge is 0.444 e. The van der Waals surface area contributed by atoms with Gasteiger partial charge in [0.1, 0.15) is 5.60 Å². The molecule has 4 nitrogen and oxygen atoms in total. The van der Waals surface area contributed by atoms with Crippen LogP contribution < -0.4 is 5.73 Å². The van der Waals surface area contributed by atoms with E-state index in [9.17, 15) is 4.79 Å². The summed E-state index contributed by atoms with van der Waals surface area (Å²) in [4.78, 5) is 14.2. The first-order chi connectivity index (χ1) is 11.4. The maximum atomic E-state index is 12.4. The molecular formula is C20H30N2O2. The van der Waals surface area contributed by atoms with E-state index < -0.39 is 5.60 Å². The Labute approximate surface area is 145 Å². The van der Waals surface area contributed by atoms with Gasteiger partial charge in [0.05, 0.1) is 0 Å². The van der Waals surface area contributed by atoms with E-state index in [1.165, 1.54) is 11.1 Å². The Morgan fingerprint density at radius 2 is 1.96 bits per heavy atom. The number of ether oxygens (including phenoxy) is 1. The summed E-state index contributed by atoms with van der Waals surface area (Å²) in [5, 5.41) is 0. The van der Waals surface area contributed by atoms with Gasteiger partial charge in [-0.1, -0.05) is 24.3 Å². The molecule has 1 fully saturated rings. The summed E-state index contributed by atoms with van der Waals surface area (Å²) in [6.45, 7) is 8.02. The van der Waals surface area contributed by atoms with Crippen molar-refractivity contribution in [3.8, 4) is 0 Å². The van der Waals surface area contributed by atoms with Crippen LogP contribution in [0.3, 0.4) is 0 Å². The molecule has 24 heavy (non-hydrogen) atoms. The van der Waals surface area contributed by atoms with Crippen molar-refractivity contribution in [2.45, 2.75) is 57.5 Å². The fourth-order valence-corrected chi connectivity index (χ4v) is 4.54. The van der Waals surface area contributed by atoms with Crippen LogP contribution in [-0.2, 0) is 16.6 Å². The summed E-state index contributed by atoms with van der Waals surface area (Å²) in [5.74, 6) is 0.598. The number of fused-ring (bicyclic) bond motifs is 2. The second-order valence-electron chi connectivity index (χ2n) is 8.26. The molecule has 0 saturated carbocycles. The molecule has 1 aromatic carbocycles. The third-order valence-corrected chi connectivity index (χ3v) is 5.62. The number of nitrogens with two attached hydrogens (primary N) is 1. The molecular weight excluding hydrogens is 300 g/mol. The van der Waals surface area contributed by atoms with Gasteiger partial charge >= 0.3 is 6.09 Å². The first-order valence-corrected chi connectivity index (χ1v) is 9.12. The quantitative estimate of drug-likeness (QED) is 0.903. The Hall–Kier alpha value is -1.55. The van der Waals surface area contributed by atoms with Gasteiger partial charge in [-0.05, 0) is 70.0 Å². The molecule has 4 heteroatoms. The Kier molecular flexibility index (Phi) is 4.60. The van der Waals surface area contributed by atoms with E-state index in [-0.39, 0.29) is 11.5 Å². The normalized spacial score (nSPS) is 22.5. The van der Waals surface area contributed by atoms with Crippen molar-refractivity contribution in [3.05, 3.63) is 35.4 Å². The van der Waals surface area contributed by atoms with E-state index in [1.807, 2.05) is 25.7 Å². The fraction of sp³-hybridized carbons (Fsp3) is 0.650. The predicted octanol–water partition coefficient (Wildman–Crippen LogP) is 3.48. The van der Waals surface area contributed by atoms with E-state index in [0.29, 0.717) is 5.92 Å². The number of piperidine rings is 1. The molecule has 3 rings (SSSR count). The number of likely N-dealkylation sites (tertiary alicyclic amines) is 1. The minimum Gasteiger partial charge on any atom is -0.444 e. The molecule has 132 valence electrons. The molecule has 0 bridgehead atoms. The standard InChI is InChI=1S/C20H30N2O2/c1-19(2,3)24-18(23)22-12-9-20(10-13-22)16(8-11-21)14-15-6-4-5-7-17(15)20/h4-7,16H,8-14,21H2,1-3H3. The van der Waals surface area contributed by atoms with Crippen molar-refractivity contribution >= 4 is 6.09 Å².